The highest BCUT2D eigenvalue weighted by Crippen LogP contribution is 2.30. The summed E-state index contributed by atoms with van der Waals surface area (Å²) in [5.74, 6) is 0.619. The van der Waals surface area contributed by atoms with Gasteiger partial charge in [0, 0.05) is 24.3 Å². The topological polar surface area (TPSA) is 51.6 Å². The second kappa shape index (κ2) is 6.85. The number of ether oxygens (including phenoxy) is 2. The van der Waals surface area contributed by atoms with Crippen molar-refractivity contribution in [1.29, 1.82) is 0 Å². The van der Waals surface area contributed by atoms with Gasteiger partial charge in [0.15, 0.2) is 0 Å². The zero-order chi connectivity index (χ0) is 15.4. The molecule has 1 aliphatic rings. The fraction of sp³-hybridized carbons (Fsp3) is 0.353. The average molecular weight is 303 g/mol. The van der Waals surface area contributed by atoms with Crippen molar-refractivity contribution < 1.29 is 19.0 Å². The van der Waals surface area contributed by atoms with Gasteiger partial charge in [-0.3, -0.25) is 4.98 Å². The molecule has 5 heteroatoms. The first-order valence-electron chi connectivity index (χ1n) is 7.32. The van der Waals surface area contributed by atoms with E-state index in [1.165, 1.54) is 12.1 Å². The van der Waals surface area contributed by atoms with Crippen LogP contribution in [0.25, 0.3) is 11.3 Å². The van der Waals surface area contributed by atoms with Crippen LogP contribution < -0.4 is 4.74 Å². The molecule has 2 heterocycles. The third kappa shape index (κ3) is 3.43. The first-order chi connectivity index (χ1) is 10.8. The molecule has 4 nitrogen and oxygen atoms in total. The molecule has 1 saturated heterocycles. The number of benzene rings is 1. The highest BCUT2D eigenvalue weighted by Gasteiger charge is 2.18. The van der Waals surface area contributed by atoms with E-state index in [0.717, 1.165) is 18.6 Å². The van der Waals surface area contributed by atoms with Crippen molar-refractivity contribution in [1.82, 2.24) is 4.98 Å². The van der Waals surface area contributed by atoms with Crippen LogP contribution in [0.15, 0.2) is 36.5 Å². The van der Waals surface area contributed by atoms with Crippen molar-refractivity contribution in [3.8, 4) is 17.0 Å². The smallest absolute Gasteiger partial charge is 0.128 e. The molecular formula is C17H18FNO3. The van der Waals surface area contributed by atoms with Crippen molar-refractivity contribution in [2.24, 2.45) is 5.92 Å². The summed E-state index contributed by atoms with van der Waals surface area (Å²) >= 11 is 0. The molecule has 1 aromatic heterocycles. The van der Waals surface area contributed by atoms with Gasteiger partial charge < -0.3 is 14.6 Å². The van der Waals surface area contributed by atoms with E-state index in [1.807, 2.05) is 0 Å². The summed E-state index contributed by atoms with van der Waals surface area (Å²) in [5.41, 5.74) is 1.90. The van der Waals surface area contributed by atoms with Crippen LogP contribution >= 0.6 is 0 Å². The highest BCUT2D eigenvalue weighted by atomic mass is 19.1. The molecule has 0 radical (unpaired) electrons. The van der Waals surface area contributed by atoms with E-state index in [-0.39, 0.29) is 12.4 Å². The third-order valence-electron chi connectivity index (χ3n) is 3.72. The molecule has 0 saturated carbocycles. The van der Waals surface area contributed by atoms with Gasteiger partial charge in [0.25, 0.3) is 0 Å². The Morgan fingerprint density at radius 1 is 1.32 bits per heavy atom. The maximum atomic E-state index is 13.6. The van der Waals surface area contributed by atoms with E-state index in [4.69, 9.17) is 9.47 Å². The maximum Gasteiger partial charge on any atom is 0.128 e. The average Bonchev–Trinajstić information content (AvgIpc) is 3.07. The van der Waals surface area contributed by atoms with E-state index < -0.39 is 0 Å². The monoisotopic (exact) mass is 303 g/mol. The van der Waals surface area contributed by atoms with E-state index >= 15 is 0 Å². The molecule has 0 spiro atoms. The van der Waals surface area contributed by atoms with Gasteiger partial charge in [-0.15, -0.1) is 0 Å². The zero-order valence-electron chi connectivity index (χ0n) is 12.2. The van der Waals surface area contributed by atoms with Crippen molar-refractivity contribution in [3.63, 3.8) is 0 Å². The Bertz CT molecular complexity index is 642. The number of aliphatic hydroxyl groups excluding tert-OH is 1. The number of hydrogen-bond acceptors (Lipinski definition) is 4. The van der Waals surface area contributed by atoms with Gasteiger partial charge in [0.2, 0.25) is 0 Å². The number of aromatic nitrogens is 1. The highest BCUT2D eigenvalue weighted by molar-refractivity contribution is 5.67. The number of aliphatic hydroxyl groups is 1. The van der Waals surface area contributed by atoms with E-state index in [1.54, 1.807) is 24.4 Å². The van der Waals surface area contributed by atoms with Gasteiger partial charge >= 0.3 is 0 Å². The lowest BCUT2D eigenvalue weighted by atomic mass is 10.1. The molecule has 1 unspecified atom stereocenters. The summed E-state index contributed by atoms with van der Waals surface area (Å²) in [7, 11) is 0. The van der Waals surface area contributed by atoms with Gasteiger partial charge in [0.1, 0.15) is 11.6 Å². The molecule has 0 amide bonds. The molecule has 2 aromatic rings. The molecule has 1 aromatic carbocycles. The van der Waals surface area contributed by atoms with Crippen molar-refractivity contribution in [3.05, 3.63) is 47.9 Å². The van der Waals surface area contributed by atoms with Crippen molar-refractivity contribution >= 4 is 0 Å². The number of nitrogens with zero attached hydrogens (tertiary/aromatic N) is 1. The lowest BCUT2D eigenvalue weighted by Crippen LogP contribution is -2.12. The third-order valence-corrected chi connectivity index (χ3v) is 3.72. The van der Waals surface area contributed by atoms with Gasteiger partial charge in [-0.05, 0) is 42.3 Å². The van der Waals surface area contributed by atoms with Gasteiger partial charge in [-0.25, -0.2) is 4.39 Å². The molecule has 3 rings (SSSR count). The molecule has 1 fully saturated rings. The van der Waals surface area contributed by atoms with Crippen LogP contribution in [-0.2, 0) is 11.3 Å². The fourth-order valence-electron chi connectivity index (χ4n) is 2.47. The molecule has 0 bridgehead atoms. The summed E-state index contributed by atoms with van der Waals surface area (Å²) in [4.78, 5) is 4.26. The maximum absolute atomic E-state index is 13.6. The minimum atomic E-state index is -0.345. The Kier molecular flexibility index (Phi) is 4.65. The second-order valence-electron chi connectivity index (χ2n) is 5.39. The van der Waals surface area contributed by atoms with Crippen molar-refractivity contribution in [2.45, 2.75) is 13.0 Å². The normalized spacial score (nSPS) is 17.6. The van der Waals surface area contributed by atoms with E-state index in [2.05, 4.69) is 4.98 Å². The molecule has 1 atom stereocenters. The van der Waals surface area contributed by atoms with Gasteiger partial charge in [-0.1, -0.05) is 0 Å². The van der Waals surface area contributed by atoms with E-state index in [0.29, 0.717) is 36.1 Å². The predicted molar refractivity (Wildman–Crippen MR) is 80.0 cm³/mol. The summed E-state index contributed by atoms with van der Waals surface area (Å²) in [5, 5.41) is 9.23. The van der Waals surface area contributed by atoms with Crippen molar-refractivity contribution in [2.75, 3.05) is 19.8 Å². The molecule has 116 valence electrons. The summed E-state index contributed by atoms with van der Waals surface area (Å²) in [6, 6.07) is 7.86. The van der Waals surface area contributed by atoms with Crippen LogP contribution in [0.5, 0.6) is 5.75 Å². The van der Waals surface area contributed by atoms with Crippen LogP contribution in [0.1, 0.15) is 12.0 Å². The Balaban J connectivity index is 1.86. The SMILES string of the molecule is OCc1ccnc(-c2cc(F)ccc2OCC2CCOC2)c1. The van der Waals surface area contributed by atoms with Crippen LogP contribution in [0.3, 0.4) is 0 Å². The first kappa shape index (κ1) is 14.9. The minimum absolute atomic E-state index is 0.0829. The summed E-state index contributed by atoms with van der Waals surface area (Å²) in [6.45, 7) is 1.93. The number of rotatable bonds is 5. The van der Waals surface area contributed by atoms with Gasteiger partial charge in [0.05, 0.1) is 25.5 Å². The first-order valence-corrected chi connectivity index (χ1v) is 7.32. The molecule has 1 N–H and O–H groups in total. The molecule has 0 aliphatic carbocycles. The Hall–Kier alpha value is -1.98. The van der Waals surface area contributed by atoms with Crippen LogP contribution in [0, 0.1) is 11.7 Å². The molecular weight excluding hydrogens is 285 g/mol. The van der Waals surface area contributed by atoms with Crippen LogP contribution in [-0.4, -0.2) is 29.9 Å². The number of hydrogen-bond donors (Lipinski definition) is 1. The summed E-state index contributed by atoms with van der Waals surface area (Å²) < 4.78 is 24.8. The Labute approximate surface area is 128 Å². The lowest BCUT2D eigenvalue weighted by molar-refractivity contribution is 0.167. The Morgan fingerprint density at radius 3 is 3.00 bits per heavy atom. The van der Waals surface area contributed by atoms with Crippen LogP contribution in [0.4, 0.5) is 4.39 Å². The minimum Gasteiger partial charge on any atom is -0.493 e. The number of pyridine rings is 1. The van der Waals surface area contributed by atoms with E-state index in [9.17, 15) is 9.50 Å². The standard InChI is InChI=1S/C17H18FNO3/c18-14-1-2-17(22-11-13-4-6-21-10-13)15(8-14)16-7-12(9-20)3-5-19-16/h1-3,5,7-8,13,20H,4,6,9-11H2. The largest absolute Gasteiger partial charge is 0.493 e. The summed E-state index contributed by atoms with van der Waals surface area (Å²) in [6.07, 6.45) is 2.58. The number of halogens is 1. The quantitative estimate of drug-likeness (QED) is 0.923. The molecule has 1 aliphatic heterocycles. The molecule has 22 heavy (non-hydrogen) atoms. The van der Waals surface area contributed by atoms with Crippen LogP contribution in [0.2, 0.25) is 0 Å². The van der Waals surface area contributed by atoms with Gasteiger partial charge in [-0.2, -0.15) is 0 Å². The zero-order valence-corrected chi connectivity index (χ0v) is 12.2. The predicted octanol–water partition coefficient (Wildman–Crippen LogP) is 2.80. The lowest BCUT2D eigenvalue weighted by Gasteiger charge is -2.14. The fourth-order valence-corrected chi connectivity index (χ4v) is 2.47. The Morgan fingerprint density at radius 2 is 2.23 bits per heavy atom. The second-order valence-corrected chi connectivity index (χ2v) is 5.39.